The van der Waals surface area contributed by atoms with Crippen molar-refractivity contribution in [3.63, 3.8) is 0 Å². The number of fused-ring (bicyclic) bond motifs is 6. The molecule has 0 amide bonds. The minimum absolute atomic E-state index is 1.17. The van der Waals surface area contributed by atoms with E-state index in [0.29, 0.717) is 0 Å². The first-order chi connectivity index (χ1) is 12.9. The van der Waals surface area contributed by atoms with Crippen LogP contribution in [0.5, 0.6) is 0 Å². The number of nitrogens with zero attached hydrogens (tertiary/aromatic N) is 1. The van der Waals surface area contributed by atoms with E-state index >= 15 is 0 Å². The molecule has 0 bridgehead atoms. The van der Waals surface area contributed by atoms with Crippen molar-refractivity contribution in [2.24, 2.45) is 0 Å². The van der Waals surface area contributed by atoms with Crippen LogP contribution in [0.1, 0.15) is 0 Å². The highest BCUT2D eigenvalue weighted by molar-refractivity contribution is 6.10. The van der Waals surface area contributed by atoms with Crippen molar-refractivity contribution in [1.29, 1.82) is 0 Å². The molecule has 2 heteroatoms. The number of rotatable bonds is 1. The van der Waals surface area contributed by atoms with Gasteiger partial charge in [0.2, 0.25) is 0 Å². The van der Waals surface area contributed by atoms with Gasteiger partial charge < -0.3 is 9.55 Å². The second-order valence-electron chi connectivity index (χ2n) is 6.77. The Morgan fingerprint density at radius 1 is 0.500 bits per heavy atom. The van der Waals surface area contributed by atoms with Gasteiger partial charge in [-0.1, -0.05) is 60.7 Å². The third kappa shape index (κ3) is 1.76. The Balaban J connectivity index is 1.73. The first kappa shape index (κ1) is 13.7. The van der Waals surface area contributed by atoms with E-state index in [9.17, 15) is 0 Å². The highest BCUT2D eigenvalue weighted by atomic mass is 15.0. The molecular formula is C24H16N2. The number of aromatic nitrogens is 2. The van der Waals surface area contributed by atoms with Crippen molar-refractivity contribution < 1.29 is 0 Å². The summed E-state index contributed by atoms with van der Waals surface area (Å²) in [4.78, 5) is 3.56. The fourth-order valence-corrected chi connectivity index (χ4v) is 4.18. The minimum Gasteiger partial charge on any atom is -0.354 e. The van der Waals surface area contributed by atoms with Gasteiger partial charge >= 0.3 is 0 Å². The molecule has 4 aromatic carbocycles. The normalized spacial score (nSPS) is 11.8. The molecule has 0 spiro atoms. The van der Waals surface area contributed by atoms with Crippen molar-refractivity contribution in [1.82, 2.24) is 9.55 Å². The molecule has 2 nitrogen and oxygen atoms in total. The minimum atomic E-state index is 1.17. The summed E-state index contributed by atoms with van der Waals surface area (Å²) in [6.07, 6.45) is 0. The van der Waals surface area contributed by atoms with Crippen LogP contribution in [-0.2, 0) is 0 Å². The van der Waals surface area contributed by atoms with Gasteiger partial charge in [0.05, 0.1) is 11.0 Å². The van der Waals surface area contributed by atoms with Gasteiger partial charge in [-0.2, -0.15) is 0 Å². The van der Waals surface area contributed by atoms with Crippen LogP contribution in [-0.4, -0.2) is 9.55 Å². The zero-order chi connectivity index (χ0) is 17.1. The fraction of sp³-hybridized carbons (Fsp3) is 0. The van der Waals surface area contributed by atoms with Gasteiger partial charge in [0.1, 0.15) is 0 Å². The van der Waals surface area contributed by atoms with Crippen LogP contribution in [0.25, 0.3) is 49.3 Å². The van der Waals surface area contributed by atoms with E-state index in [2.05, 4.69) is 101 Å². The van der Waals surface area contributed by atoms with Gasteiger partial charge in [-0.15, -0.1) is 0 Å². The third-order valence-corrected chi connectivity index (χ3v) is 5.33. The van der Waals surface area contributed by atoms with Crippen molar-refractivity contribution in [3.8, 4) is 5.69 Å². The van der Waals surface area contributed by atoms with Gasteiger partial charge in [0, 0.05) is 38.3 Å². The van der Waals surface area contributed by atoms with Crippen LogP contribution in [0, 0.1) is 0 Å². The average Bonchev–Trinajstić information content (AvgIpc) is 3.23. The largest absolute Gasteiger partial charge is 0.354 e. The molecule has 0 fully saturated rings. The zero-order valence-electron chi connectivity index (χ0n) is 14.1. The molecular weight excluding hydrogens is 316 g/mol. The summed E-state index contributed by atoms with van der Waals surface area (Å²) in [7, 11) is 0. The molecule has 6 aromatic rings. The molecule has 0 saturated heterocycles. The van der Waals surface area contributed by atoms with E-state index in [1.165, 1.54) is 49.3 Å². The molecule has 0 radical (unpaired) electrons. The van der Waals surface area contributed by atoms with Gasteiger partial charge in [0.25, 0.3) is 0 Å². The van der Waals surface area contributed by atoms with E-state index in [0.717, 1.165) is 0 Å². The lowest BCUT2D eigenvalue weighted by molar-refractivity contribution is 1.18. The summed E-state index contributed by atoms with van der Waals surface area (Å²) in [5, 5.41) is 5.13. The Kier molecular flexibility index (Phi) is 2.64. The SMILES string of the molecule is c1ccc2c(c1)[nH]c1cc(-n3c4ccccc4c4ccccc43)ccc12. The van der Waals surface area contributed by atoms with Gasteiger partial charge in [-0.3, -0.25) is 0 Å². The summed E-state index contributed by atoms with van der Waals surface area (Å²) in [6, 6.07) is 32.4. The Bertz CT molecular complexity index is 1380. The molecule has 0 atom stereocenters. The zero-order valence-corrected chi connectivity index (χ0v) is 14.1. The van der Waals surface area contributed by atoms with Gasteiger partial charge in [0.15, 0.2) is 0 Å². The number of aromatic amines is 1. The second kappa shape index (κ2) is 4.99. The Morgan fingerprint density at radius 2 is 1.08 bits per heavy atom. The van der Waals surface area contributed by atoms with Crippen LogP contribution in [0.3, 0.4) is 0 Å². The predicted molar refractivity (Wildman–Crippen MR) is 110 cm³/mol. The number of nitrogens with one attached hydrogen (secondary N) is 1. The molecule has 2 heterocycles. The molecule has 0 unspecified atom stereocenters. The average molecular weight is 332 g/mol. The summed E-state index contributed by atoms with van der Waals surface area (Å²) < 4.78 is 2.36. The molecule has 122 valence electrons. The van der Waals surface area contributed by atoms with Gasteiger partial charge in [-0.25, -0.2) is 0 Å². The lowest BCUT2D eigenvalue weighted by Gasteiger charge is -2.08. The smallest absolute Gasteiger partial charge is 0.0541 e. The fourth-order valence-electron chi connectivity index (χ4n) is 4.18. The Labute approximate surface area is 150 Å². The molecule has 2 aromatic heterocycles. The topological polar surface area (TPSA) is 20.7 Å². The van der Waals surface area contributed by atoms with Crippen molar-refractivity contribution in [2.45, 2.75) is 0 Å². The lowest BCUT2D eigenvalue weighted by atomic mass is 10.1. The number of H-pyrrole nitrogens is 1. The van der Waals surface area contributed by atoms with Crippen molar-refractivity contribution >= 4 is 43.6 Å². The van der Waals surface area contributed by atoms with E-state index < -0.39 is 0 Å². The van der Waals surface area contributed by atoms with Crippen LogP contribution in [0.15, 0.2) is 91.0 Å². The third-order valence-electron chi connectivity index (χ3n) is 5.33. The summed E-state index contributed by atoms with van der Waals surface area (Å²) in [5.74, 6) is 0. The van der Waals surface area contributed by atoms with E-state index in [4.69, 9.17) is 0 Å². The first-order valence-electron chi connectivity index (χ1n) is 8.89. The van der Waals surface area contributed by atoms with E-state index in [-0.39, 0.29) is 0 Å². The highest BCUT2D eigenvalue weighted by Crippen LogP contribution is 2.33. The molecule has 6 rings (SSSR count). The van der Waals surface area contributed by atoms with Gasteiger partial charge in [-0.05, 0) is 30.3 Å². The lowest BCUT2D eigenvalue weighted by Crippen LogP contribution is -1.93. The second-order valence-corrected chi connectivity index (χ2v) is 6.77. The van der Waals surface area contributed by atoms with Crippen molar-refractivity contribution in [2.75, 3.05) is 0 Å². The molecule has 0 saturated carbocycles. The maximum absolute atomic E-state index is 3.56. The van der Waals surface area contributed by atoms with E-state index in [1.54, 1.807) is 0 Å². The highest BCUT2D eigenvalue weighted by Gasteiger charge is 2.12. The van der Waals surface area contributed by atoms with E-state index in [1.807, 2.05) is 0 Å². The van der Waals surface area contributed by atoms with Crippen molar-refractivity contribution in [3.05, 3.63) is 91.0 Å². The molecule has 1 N–H and O–H groups in total. The Morgan fingerprint density at radius 3 is 1.81 bits per heavy atom. The number of hydrogen-bond acceptors (Lipinski definition) is 0. The monoisotopic (exact) mass is 332 g/mol. The van der Waals surface area contributed by atoms with Crippen LogP contribution in [0.4, 0.5) is 0 Å². The number of hydrogen-bond donors (Lipinski definition) is 1. The first-order valence-corrected chi connectivity index (χ1v) is 8.89. The standard InChI is InChI=1S/C24H16N2/c1-4-10-21-17(7-1)18-14-13-16(15-22(18)25-21)26-23-11-5-2-8-19(23)20-9-3-6-12-24(20)26/h1-15,25H. The Hall–Kier alpha value is -3.52. The van der Waals surface area contributed by atoms with Crippen LogP contribution >= 0.6 is 0 Å². The molecule has 0 aliphatic rings. The van der Waals surface area contributed by atoms with Crippen LogP contribution in [0.2, 0.25) is 0 Å². The molecule has 0 aliphatic heterocycles. The molecule has 0 aliphatic carbocycles. The maximum Gasteiger partial charge on any atom is 0.0541 e. The summed E-state index contributed by atoms with van der Waals surface area (Å²) in [6.45, 7) is 0. The van der Waals surface area contributed by atoms with Crippen LogP contribution < -0.4 is 0 Å². The maximum atomic E-state index is 3.56. The quantitative estimate of drug-likeness (QED) is 0.359. The predicted octanol–water partition coefficient (Wildman–Crippen LogP) is 6.42. The summed E-state index contributed by atoms with van der Waals surface area (Å²) in [5.41, 5.74) is 6.02. The summed E-state index contributed by atoms with van der Waals surface area (Å²) >= 11 is 0. The molecule has 26 heavy (non-hydrogen) atoms. The number of benzene rings is 4. The number of para-hydroxylation sites is 3.